The summed E-state index contributed by atoms with van der Waals surface area (Å²) in [7, 11) is 1.68. The smallest absolute Gasteiger partial charge is 0.409 e. The van der Waals surface area contributed by atoms with Crippen molar-refractivity contribution in [1.29, 1.82) is 0 Å². The molecule has 6 N–H and O–H groups in total. The Kier molecular flexibility index (Phi) is 24.5. The van der Waals surface area contributed by atoms with Crippen molar-refractivity contribution in [3.8, 4) is 11.1 Å². The highest BCUT2D eigenvalue weighted by Crippen LogP contribution is 2.63. The molecule has 3 aromatic heterocycles. The van der Waals surface area contributed by atoms with Crippen LogP contribution in [0.1, 0.15) is 108 Å². The lowest BCUT2D eigenvalue weighted by atomic mass is 9.48. The minimum atomic E-state index is -1.15. The second kappa shape index (κ2) is 34.0. The number of aromatic nitrogens is 4. The zero-order chi connectivity index (χ0) is 71.9. The lowest BCUT2D eigenvalue weighted by Crippen LogP contribution is -2.58. The van der Waals surface area contributed by atoms with E-state index in [1.165, 1.54) is 42.2 Å². The Balaban J connectivity index is 0.550. The van der Waals surface area contributed by atoms with E-state index < -0.39 is 53.7 Å². The number of anilines is 3. The summed E-state index contributed by atoms with van der Waals surface area (Å²) >= 11 is 1.42. The molecule has 4 saturated carbocycles. The van der Waals surface area contributed by atoms with Gasteiger partial charge < -0.3 is 64.6 Å². The van der Waals surface area contributed by atoms with Crippen molar-refractivity contribution in [2.24, 2.45) is 17.3 Å². The molecule has 4 fully saturated rings. The van der Waals surface area contributed by atoms with Crippen molar-refractivity contribution in [2.45, 2.75) is 116 Å². The highest BCUT2D eigenvalue weighted by atomic mass is 32.1. The van der Waals surface area contributed by atoms with Crippen molar-refractivity contribution in [3.05, 3.63) is 131 Å². The molecule has 0 radical (unpaired) electrons. The molecular weight excluding hydrogens is 1330 g/mol. The van der Waals surface area contributed by atoms with Crippen LogP contribution in [0.5, 0.6) is 0 Å². The largest absolute Gasteiger partial charge is 0.476 e. The minimum Gasteiger partial charge on any atom is -0.476 e. The molecule has 3 aromatic carbocycles. The van der Waals surface area contributed by atoms with Crippen LogP contribution in [-0.4, -0.2) is 198 Å². The van der Waals surface area contributed by atoms with E-state index in [0.29, 0.717) is 116 Å². The predicted octanol–water partition coefficient (Wildman–Crippen LogP) is 6.84. The van der Waals surface area contributed by atoms with Crippen molar-refractivity contribution in [3.63, 3.8) is 0 Å². The highest BCUT2D eigenvalue weighted by molar-refractivity contribution is 7.22. The number of imide groups is 1. The van der Waals surface area contributed by atoms with Gasteiger partial charge in [-0.25, -0.2) is 19.6 Å². The predicted molar refractivity (Wildman–Crippen MR) is 376 cm³/mol. The number of hydrogen-bond donors (Lipinski definition) is 6. The van der Waals surface area contributed by atoms with Gasteiger partial charge in [0.05, 0.1) is 81.5 Å². The molecule has 0 saturated heterocycles. The zero-order valence-corrected chi connectivity index (χ0v) is 58.7. The summed E-state index contributed by atoms with van der Waals surface area (Å²) < 4.78 is 37.4. The maximum atomic E-state index is 13.8. The summed E-state index contributed by atoms with van der Waals surface area (Å²) in [6, 6.07) is 22.1. The number of amides is 8. The first-order chi connectivity index (χ1) is 49.2. The number of nitrogens with one attached hydrogen (secondary N) is 5. The molecule has 6 aromatic rings. The van der Waals surface area contributed by atoms with Gasteiger partial charge in [0.1, 0.15) is 24.5 Å². The van der Waals surface area contributed by atoms with Crippen LogP contribution in [0.2, 0.25) is 0 Å². The van der Waals surface area contributed by atoms with Crippen molar-refractivity contribution < 1.29 is 76.7 Å². The van der Waals surface area contributed by atoms with Gasteiger partial charge in [0, 0.05) is 99.4 Å². The average Bonchev–Trinajstić information content (AvgIpc) is 0.829. The second-order valence-electron chi connectivity index (χ2n) is 26.9. The lowest BCUT2D eigenvalue weighted by molar-refractivity contribution is -0.197. The van der Waals surface area contributed by atoms with Gasteiger partial charge in [-0.3, -0.25) is 48.5 Å². The van der Waals surface area contributed by atoms with Crippen molar-refractivity contribution in [2.75, 3.05) is 108 Å². The number of fused-ring (bicyclic) bond motifs is 2. The van der Waals surface area contributed by atoms with Gasteiger partial charge in [-0.1, -0.05) is 47.7 Å². The Morgan fingerprint density at radius 3 is 2.15 bits per heavy atom. The topological polar surface area (TPSA) is 343 Å². The molecule has 542 valence electrons. The standard InChI is InChI=1S/C73H88N12O16S/c1-46(76-62(87)22-27-96-30-32-98-34-35-99-33-31-97-28-23-74-61(86)21-25-84-63(88)18-19-64(84)89)66(90)77-47(2)67(91)78-53-14-12-49(13-15-53)43-100-71(95)82(4)26-29-101-73-39-50-36-51(40-73)38-72(37-50,44-73)45-85-48(3)56(41-75-85)54-16-17-60(80-65(54)69(93)94)83-24-20-52-8-7-9-55(57(52)42-83)68(92)81-70-79-58-10-5-6-11-59(58)102-70/h5-19,41,46-47,50-51H,20-40,42-45H2,1-4H3,(H,74,86)(H,76,87)(H,77,90)(H,78,91)(H,93,94)(H,79,81,92)/t46-,47-,50?,51?,72?,73?/m0/s1. The fourth-order valence-corrected chi connectivity index (χ4v) is 15.5. The number of pyridine rings is 1. The van der Waals surface area contributed by atoms with Gasteiger partial charge in [0.25, 0.3) is 17.7 Å². The molecule has 28 nitrogen and oxygen atoms in total. The normalized spacial score (nSPS) is 19.3. The molecule has 4 aliphatic carbocycles. The fourth-order valence-electron chi connectivity index (χ4n) is 14.6. The molecule has 2 unspecified atom stereocenters. The van der Waals surface area contributed by atoms with Gasteiger partial charge in [-0.2, -0.15) is 5.10 Å². The summed E-state index contributed by atoms with van der Waals surface area (Å²) in [6.45, 7) is 9.75. The Bertz CT molecular complexity index is 4020. The summed E-state index contributed by atoms with van der Waals surface area (Å²) in [6.07, 6.45) is 10.3. The first kappa shape index (κ1) is 73.7. The van der Waals surface area contributed by atoms with Gasteiger partial charge >= 0.3 is 12.1 Å². The lowest BCUT2D eigenvalue weighted by Gasteiger charge is -2.61. The van der Waals surface area contributed by atoms with Crippen LogP contribution in [-0.2, 0) is 83.3 Å². The van der Waals surface area contributed by atoms with Crippen LogP contribution in [0.15, 0.2) is 97.2 Å². The van der Waals surface area contributed by atoms with Crippen LogP contribution in [0, 0.1) is 24.2 Å². The van der Waals surface area contributed by atoms with E-state index in [0.717, 1.165) is 70.5 Å². The van der Waals surface area contributed by atoms with E-state index in [2.05, 4.69) is 31.6 Å². The minimum absolute atomic E-state index is 0.000626. The number of benzene rings is 3. The number of nitrogens with zero attached hydrogens (tertiary/aromatic N) is 7. The van der Waals surface area contributed by atoms with E-state index >= 15 is 0 Å². The number of carboxylic acids is 1. The molecular formula is C73H88N12O16S. The Morgan fingerprint density at radius 2 is 1.43 bits per heavy atom. The maximum Gasteiger partial charge on any atom is 0.409 e. The van der Waals surface area contributed by atoms with E-state index in [4.69, 9.17) is 38.5 Å². The highest BCUT2D eigenvalue weighted by Gasteiger charge is 2.58. The van der Waals surface area contributed by atoms with Gasteiger partial charge in [0.2, 0.25) is 23.6 Å². The van der Waals surface area contributed by atoms with Crippen LogP contribution in [0.25, 0.3) is 21.3 Å². The Hall–Kier alpha value is -9.52. The van der Waals surface area contributed by atoms with Crippen LogP contribution >= 0.6 is 11.3 Å². The number of aromatic carboxylic acids is 1. The average molecular weight is 1420 g/mol. The van der Waals surface area contributed by atoms with E-state index in [9.17, 15) is 48.3 Å². The van der Waals surface area contributed by atoms with E-state index in [1.807, 2.05) is 71.1 Å². The van der Waals surface area contributed by atoms with Crippen LogP contribution in [0.3, 0.4) is 0 Å². The summed E-state index contributed by atoms with van der Waals surface area (Å²) in [4.78, 5) is 128. The Labute approximate surface area is 594 Å². The molecule has 102 heavy (non-hydrogen) atoms. The third-order valence-electron chi connectivity index (χ3n) is 19.3. The van der Waals surface area contributed by atoms with Gasteiger partial charge in [-0.05, 0) is 142 Å². The van der Waals surface area contributed by atoms with E-state index in [1.54, 1.807) is 37.5 Å². The zero-order valence-electron chi connectivity index (χ0n) is 57.8. The molecule has 2 aliphatic heterocycles. The number of carboxylic acid groups (broad SMARTS) is 1. The second-order valence-corrected chi connectivity index (χ2v) is 27.9. The molecule has 4 bridgehead atoms. The molecule has 12 rings (SSSR count). The SMILES string of the molecule is Cc1c(-c2ccc(N3CCc4cccc(C(=O)Nc5nc6ccccc6s5)c4C3)nc2C(=O)O)cnn1CC12CC3CC(C1)CC(OCCN(C)C(=O)OCc1ccc(NC(=O)[C@H](C)NC(=O)[C@H](C)NC(=O)CCOCCOCCOCCOCCNC(=O)CCN4C(=O)C=CC4=O)cc1)(C3)C2. The number of rotatable bonds is 36. The number of para-hydroxylation sites is 1. The van der Waals surface area contributed by atoms with Gasteiger partial charge in [0.15, 0.2) is 10.8 Å². The van der Waals surface area contributed by atoms with Crippen molar-refractivity contribution in [1.82, 2.24) is 45.5 Å². The molecule has 8 amide bonds. The number of hydrogen-bond acceptors (Lipinski definition) is 20. The number of thiazole rings is 1. The third-order valence-corrected chi connectivity index (χ3v) is 20.3. The van der Waals surface area contributed by atoms with E-state index in [-0.39, 0.29) is 87.5 Å². The van der Waals surface area contributed by atoms with Crippen LogP contribution < -0.4 is 31.5 Å². The molecule has 4 atom stereocenters. The first-order valence-electron chi connectivity index (χ1n) is 34.6. The monoisotopic (exact) mass is 1420 g/mol. The maximum absolute atomic E-state index is 13.8. The quantitative estimate of drug-likeness (QED) is 0.0173. The van der Waals surface area contributed by atoms with Gasteiger partial charge in [-0.15, -0.1) is 0 Å². The first-order valence-corrected chi connectivity index (χ1v) is 35.4. The molecule has 5 heterocycles. The molecule has 0 spiro atoms. The summed E-state index contributed by atoms with van der Waals surface area (Å²) in [5.74, 6) is -2.50. The molecule has 29 heteroatoms. The molecule has 6 aliphatic rings. The van der Waals surface area contributed by atoms with Crippen LogP contribution in [0.4, 0.5) is 21.4 Å². The summed E-state index contributed by atoms with van der Waals surface area (Å²) in [5, 5.41) is 29.7. The van der Waals surface area contributed by atoms with Crippen molar-refractivity contribution >= 4 is 91.6 Å². The summed E-state index contributed by atoms with van der Waals surface area (Å²) in [5.41, 5.74) is 6.00. The third kappa shape index (κ3) is 19.0. The Morgan fingerprint density at radius 1 is 0.735 bits per heavy atom. The number of ether oxygens (including phenoxy) is 6. The number of carbonyl (C=O) groups excluding carboxylic acids is 8. The number of carbonyl (C=O) groups is 9. The fraction of sp³-hybridized carbons (Fsp3) is 0.479. The number of likely N-dealkylation sites (N-methyl/N-ethyl adjacent to an activating group) is 1.